The lowest BCUT2D eigenvalue weighted by molar-refractivity contribution is -0.118. The summed E-state index contributed by atoms with van der Waals surface area (Å²) >= 11 is 7.78. The summed E-state index contributed by atoms with van der Waals surface area (Å²) in [6.07, 6.45) is 1.84. The van der Waals surface area contributed by atoms with Crippen LogP contribution in [0.5, 0.6) is 5.75 Å². The molecule has 32 heavy (non-hydrogen) atoms. The number of halogens is 1. The number of furan rings is 1. The van der Waals surface area contributed by atoms with Crippen LogP contribution < -0.4 is 9.64 Å². The van der Waals surface area contributed by atoms with Gasteiger partial charge in [0, 0.05) is 0 Å². The Morgan fingerprint density at radius 3 is 2.75 bits per heavy atom. The van der Waals surface area contributed by atoms with E-state index in [1.54, 1.807) is 36.5 Å². The molecule has 0 unspecified atom stereocenters. The van der Waals surface area contributed by atoms with Crippen LogP contribution in [0.4, 0.5) is 5.13 Å². The first kappa shape index (κ1) is 20.5. The van der Waals surface area contributed by atoms with Gasteiger partial charge in [0.25, 0.3) is 0 Å². The maximum atomic E-state index is 13.6. The number of thiazole rings is 1. The first-order chi connectivity index (χ1) is 15.6. The molecule has 0 radical (unpaired) electrons. The SMILES string of the molecule is COc1ccc(Cl)c2sc(N(Cc3ccco3)C(=O)Cc3cccc4ccccc34)nc12. The lowest BCUT2D eigenvalue weighted by Gasteiger charge is -2.19. The molecule has 0 aliphatic heterocycles. The van der Waals surface area contributed by atoms with Gasteiger partial charge in [0.2, 0.25) is 5.91 Å². The number of fused-ring (bicyclic) bond motifs is 2. The first-order valence-corrected chi connectivity index (χ1v) is 11.3. The van der Waals surface area contributed by atoms with Gasteiger partial charge in [-0.1, -0.05) is 65.4 Å². The Balaban J connectivity index is 1.56. The second-order valence-electron chi connectivity index (χ2n) is 7.30. The largest absolute Gasteiger partial charge is 0.494 e. The van der Waals surface area contributed by atoms with E-state index in [-0.39, 0.29) is 18.9 Å². The fourth-order valence-corrected chi connectivity index (χ4v) is 5.02. The molecule has 160 valence electrons. The number of aromatic nitrogens is 1. The molecule has 0 saturated carbocycles. The van der Waals surface area contributed by atoms with Crippen molar-refractivity contribution in [2.75, 3.05) is 12.0 Å². The zero-order valence-electron chi connectivity index (χ0n) is 17.2. The highest BCUT2D eigenvalue weighted by atomic mass is 35.5. The zero-order valence-corrected chi connectivity index (χ0v) is 18.8. The Kier molecular flexibility index (Phi) is 5.55. The molecule has 0 aliphatic carbocycles. The van der Waals surface area contributed by atoms with E-state index in [0.29, 0.717) is 27.2 Å². The van der Waals surface area contributed by atoms with Crippen LogP contribution in [0, 0.1) is 0 Å². The molecular formula is C25H19ClN2O3S. The third kappa shape index (κ3) is 3.83. The van der Waals surface area contributed by atoms with E-state index in [0.717, 1.165) is 21.0 Å². The molecule has 0 atom stereocenters. The number of rotatable bonds is 6. The number of hydrogen-bond donors (Lipinski definition) is 0. The minimum atomic E-state index is -0.0769. The first-order valence-electron chi connectivity index (χ1n) is 10.1. The summed E-state index contributed by atoms with van der Waals surface area (Å²) in [6.45, 7) is 0.274. The Labute approximate surface area is 193 Å². The molecule has 5 nitrogen and oxygen atoms in total. The van der Waals surface area contributed by atoms with E-state index in [4.69, 9.17) is 25.7 Å². The molecule has 0 spiro atoms. The number of methoxy groups -OCH3 is 1. The lowest BCUT2D eigenvalue weighted by atomic mass is 10.0. The van der Waals surface area contributed by atoms with Gasteiger partial charge in [-0.15, -0.1) is 0 Å². The van der Waals surface area contributed by atoms with E-state index in [9.17, 15) is 4.79 Å². The van der Waals surface area contributed by atoms with Gasteiger partial charge >= 0.3 is 0 Å². The van der Waals surface area contributed by atoms with Crippen molar-refractivity contribution in [3.05, 3.63) is 89.3 Å². The normalized spacial score (nSPS) is 11.2. The average Bonchev–Trinajstić information content (AvgIpc) is 3.48. The van der Waals surface area contributed by atoms with Crippen molar-refractivity contribution in [2.45, 2.75) is 13.0 Å². The third-order valence-electron chi connectivity index (χ3n) is 5.31. The number of nitrogens with zero attached hydrogens (tertiary/aromatic N) is 2. The average molecular weight is 463 g/mol. The van der Waals surface area contributed by atoms with Crippen molar-refractivity contribution in [1.82, 2.24) is 4.98 Å². The molecule has 0 fully saturated rings. The van der Waals surface area contributed by atoms with Crippen LogP contribution in [-0.2, 0) is 17.8 Å². The smallest absolute Gasteiger partial charge is 0.233 e. The van der Waals surface area contributed by atoms with Gasteiger partial charge in [-0.05, 0) is 40.6 Å². The molecule has 2 heterocycles. The summed E-state index contributed by atoms with van der Waals surface area (Å²) in [6, 6.07) is 21.3. The number of hydrogen-bond acceptors (Lipinski definition) is 5. The molecule has 7 heteroatoms. The molecule has 0 N–H and O–H groups in total. The predicted molar refractivity (Wildman–Crippen MR) is 129 cm³/mol. The van der Waals surface area contributed by atoms with Crippen LogP contribution in [0.2, 0.25) is 5.02 Å². The van der Waals surface area contributed by atoms with Gasteiger partial charge < -0.3 is 9.15 Å². The van der Waals surface area contributed by atoms with Crippen LogP contribution in [0.25, 0.3) is 21.0 Å². The van der Waals surface area contributed by atoms with E-state index in [2.05, 4.69) is 0 Å². The highest BCUT2D eigenvalue weighted by Gasteiger charge is 2.24. The van der Waals surface area contributed by atoms with Crippen molar-refractivity contribution < 1.29 is 13.9 Å². The lowest BCUT2D eigenvalue weighted by Crippen LogP contribution is -2.31. The second-order valence-corrected chi connectivity index (χ2v) is 8.68. The minimum absolute atomic E-state index is 0.0769. The Morgan fingerprint density at radius 1 is 1.09 bits per heavy atom. The number of ether oxygens (including phenoxy) is 1. The summed E-state index contributed by atoms with van der Waals surface area (Å²) in [5.74, 6) is 1.21. The molecule has 3 aromatic carbocycles. The van der Waals surface area contributed by atoms with Gasteiger partial charge in [0.05, 0.1) is 36.1 Å². The van der Waals surface area contributed by atoms with Crippen molar-refractivity contribution in [3.8, 4) is 5.75 Å². The van der Waals surface area contributed by atoms with Crippen molar-refractivity contribution in [3.63, 3.8) is 0 Å². The summed E-state index contributed by atoms with van der Waals surface area (Å²) in [5.41, 5.74) is 1.61. The molecule has 0 saturated heterocycles. The number of benzene rings is 3. The maximum Gasteiger partial charge on any atom is 0.233 e. The molecular weight excluding hydrogens is 444 g/mol. The maximum absolute atomic E-state index is 13.6. The molecule has 5 rings (SSSR count). The van der Waals surface area contributed by atoms with Crippen LogP contribution in [-0.4, -0.2) is 18.0 Å². The van der Waals surface area contributed by atoms with Crippen LogP contribution in [0.1, 0.15) is 11.3 Å². The second kappa shape index (κ2) is 8.65. The van der Waals surface area contributed by atoms with Gasteiger partial charge in [-0.3, -0.25) is 9.69 Å². The van der Waals surface area contributed by atoms with Gasteiger partial charge in [0.1, 0.15) is 17.0 Å². The van der Waals surface area contributed by atoms with E-state index in [1.165, 1.54) is 11.3 Å². The van der Waals surface area contributed by atoms with Gasteiger partial charge in [-0.2, -0.15) is 0 Å². The molecule has 0 aliphatic rings. The van der Waals surface area contributed by atoms with Crippen molar-refractivity contribution >= 4 is 55.0 Å². The standard InChI is InChI=1S/C25H19ClN2O3S/c1-30-21-12-11-20(26)24-23(21)27-25(32-24)28(15-18-9-5-13-31-18)22(29)14-17-8-4-7-16-6-2-3-10-19(16)17/h2-13H,14-15H2,1H3. The topological polar surface area (TPSA) is 55.6 Å². The molecule has 0 bridgehead atoms. The van der Waals surface area contributed by atoms with Gasteiger partial charge in [0.15, 0.2) is 5.13 Å². The molecule has 1 amide bonds. The van der Waals surface area contributed by atoms with Crippen LogP contribution in [0.15, 0.2) is 77.4 Å². The Hall–Kier alpha value is -3.35. The predicted octanol–water partition coefficient (Wildman–Crippen LogP) is 6.48. The highest BCUT2D eigenvalue weighted by molar-refractivity contribution is 7.23. The number of amides is 1. The third-order valence-corrected chi connectivity index (χ3v) is 6.85. The highest BCUT2D eigenvalue weighted by Crippen LogP contribution is 2.39. The monoisotopic (exact) mass is 462 g/mol. The Morgan fingerprint density at radius 2 is 1.94 bits per heavy atom. The zero-order chi connectivity index (χ0) is 22.1. The molecule has 2 aromatic heterocycles. The van der Waals surface area contributed by atoms with E-state index >= 15 is 0 Å². The van der Waals surface area contributed by atoms with Crippen molar-refractivity contribution in [2.24, 2.45) is 0 Å². The number of carbonyl (C=O) groups is 1. The van der Waals surface area contributed by atoms with Crippen LogP contribution in [0.3, 0.4) is 0 Å². The van der Waals surface area contributed by atoms with Gasteiger partial charge in [-0.25, -0.2) is 4.98 Å². The number of carbonyl (C=O) groups excluding carboxylic acids is 1. The quantitative estimate of drug-likeness (QED) is 0.290. The van der Waals surface area contributed by atoms with E-state index < -0.39 is 0 Å². The summed E-state index contributed by atoms with van der Waals surface area (Å²) in [4.78, 5) is 20.0. The summed E-state index contributed by atoms with van der Waals surface area (Å²) < 4.78 is 11.8. The van der Waals surface area contributed by atoms with Crippen LogP contribution >= 0.6 is 22.9 Å². The minimum Gasteiger partial charge on any atom is -0.494 e. The number of anilines is 1. The fraction of sp³-hybridized carbons (Fsp3) is 0.120. The summed E-state index contributed by atoms with van der Waals surface area (Å²) in [5, 5.41) is 3.29. The molecule has 5 aromatic rings. The van der Waals surface area contributed by atoms with Crippen molar-refractivity contribution in [1.29, 1.82) is 0 Å². The Bertz CT molecular complexity index is 1410. The fourth-order valence-electron chi connectivity index (χ4n) is 3.75. The summed E-state index contributed by atoms with van der Waals surface area (Å²) in [7, 11) is 1.59. The van der Waals surface area contributed by atoms with E-state index in [1.807, 2.05) is 48.5 Å².